The molecule has 0 spiro atoms. The monoisotopic (exact) mass is 627 g/mol. The number of aliphatic hydroxyl groups excluding tert-OH is 1. The van der Waals surface area contributed by atoms with Crippen molar-refractivity contribution in [1.29, 1.82) is 0 Å². The number of aliphatic hydroxyl groups is 2. The van der Waals surface area contributed by atoms with Gasteiger partial charge < -0.3 is 26.4 Å². The van der Waals surface area contributed by atoms with Gasteiger partial charge in [-0.3, -0.25) is 33.7 Å². The van der Waals surface area contributed by atoms with Gasteiger partial charge in [-0.2, -0.15) is 0 Å². The van der Waals surface area contributed by atoms with Gasteiger partial charge in [0.05, 0.1) is 41.7 Å². The molecule has 0 aliphatic heterocycles. The highest BCUT2D eigenvalue weighted by molar-refractivity contribution is 6.32. The number of primary amides is 1. The van der Waals surface area contributed by atoms with E-state index in [-0.39, 0.29) is 23.2 Å². The zero-order valence-electron chi connectivity index (χ0n) is 25.3. The lowest BCUT2D eigenvalue weighted by molar-refractivity contribution is -0.196. The van der Waals surface area contributed by atoms with Crippen LogP contribution in [0, 0.1) is 23.7 Å². The van der Waals surface area contributed by atoms with Crippen molar-refractivity contribution in [2.45, 2.75) is 37.0 Å². The minimum Gasteiger partial charge on any atom is -0.505 e. The number of ketones is 4. The summed E-state index contributed by atoms with van der Waals surface area (Å²) >= 11 is 0. The average Bonchev–Trinajstić information content (AvgIpc) is 3.00. The maximum Gasteiger partial charge on any atom is 0.235 e. The number of aromatic hydroxyl groups is 1. The number of phenols is 1. The van der Waals surface area contributed by atoms with Crippen LogP contribution in [-0.2, 0) is 30.4 Å². The number of anilines is 1. The molecule has 2 fully saturated rings. The van der Waals surface area contributed by atoms with E-state index < -0.39 is 88.0 Å². The quantitative estimate of drug-likeness (QED) is 0.198. The van der Waals surface area contributed by atoms with E-state index in [1.54, 1.807) is 6.92 Å². The molecule has 3 aromatic carbocycles. The smallest absolute Gasteiger partial charge is 0.235 e. The van der Waals surface area contributed by atoms with Crippen LogP contribution in [-0.4, -0.2) is 87.0 Å². The van der Waals surface area contributed by atoms with Gasteiger partial charge in [0.25, 0.3) is 0 Å². The number of carbonyl (C=O) groups is 6. The molecule has 6 N–H and O–H groups in total. The van der Waals surface area contributed by atoms with E-state index in [1.165, 1.54) is 31.1 Å². The third kappa shape index (κ3) is 4.32. The van der Waals surface area contributed by atoms with Crippen LogP contribution in [0.2, 0.25) is 0 Å². The number of phenolic OH excluding ortho intramolecular Hbond substituents is 1. The van der Waals surface area contributed by atoms with Crippen LogP contribution in [0.1, 0.15) is 34.3 Å². The van der Waals surface area contributed by atoms with E-state index in [0.717, 1.165) is 16.3 Å². The summed E-state index contributed by atoms with van der Waals surface area (Å²) in [6.07, 6.45) is -1.77. The Hall–Kier alpha value is -4.78. The molecule has 8 atom stereocenters. The predicted molar refractivity (Wildman–Crippen MR) is 164 cm³/mol. The van der Waals surface area contributed by atoms with E-state index >= 15 is 0 Å². The predicted octanol–water partition coefficient (Wildman–Crippen LogP) is 0.733. The SMILES string of the molecule is C[C@@H]1c2ccc(NC(=O)Cc3cccc4ccccc34)c(O)c2C(=O)C2C(=O)[C@@]3(O)C(=O)C(C(N)=O)C(=O)[C@H](N(C)C)[C@H]3[C@H](O)[C@H]21. The first-order valence-electron chi connectivity index (χ1n) is 14.9. The number of Topliss-reactive ketones (excluding diaryl/α,β-unsaturated/α-hetero) is 4. The number of likely N-dealkylation sites (N-methyl/N-ethyl adjacent to an activating group) is 1. The van der Waals surface area contributed by atoms with E-state index in [4.69, 9.17) is 5.73 Å². The molecule has 3 aliphatic carbocycles. The van der Waals surface area contributed by atoms with Crippen LogP contribution in [0.4, 0.5) is 5.69 Å². The van der Waals surface area contributed by atoms with Crippen LogP contribution in [0.5, 0.6) is 5.75 Å². The molecule has 0 bridgehead atoms. The number of nitrogens with zero attached hydrogens (tertiary/aromatic N) is 1. The number of rotatable bonds is 5. The molecule has 12 nitrogen and oxygen atoms in total. The zero-order chi connectivity index (χ0) is 33.4. The van der Waals surface area contributed by atoms with Crippen molar-refractivity contribution in [3.63, 3.8) is 0 Å². The van der Waals surface area contributed by atoms with Gasteiger partial charge in [0, 0.05) is 5.92 Å². The van der Waals surface area contributed by atoms with Gasteiger partial charge in [-0.1, -0.05) is 55.5 Å². The summed E-state index contributed by atoms with van der Waals surface area (Å²) in [5.74, 6) is -14.8. The summed E-state index contributed by atoms with van der Waals surface area (Å²) in [5, 5.41) is 39.3. The van der Waals surface area contributed by atoms with Crippen molar-refractivity contribution in [3.8, 4) is 5.75 Å². The van der Waals surface area contributed by atoms with Crippen molar-refractivity contribution in [3.05, 3.63) is 71.3 Å². The number of fused-ring (bicyclic) bond motifs is 4. The van der Waals surface area contributed by atoms with Crippen LogP contribution >= 0.6 is 0 Å². The normalized spacial score (nSPS) is 30.5. The third-order valence-electron chi connectivity index (χ3n) is 9.99. The molecule has 3 aromatic rings. The molecule has 2 amide bonds. The third-order valence-corrected chi connectivity index (χ3v) is 9.99. The fraction of sp³-hybridized carbons (Fsp3) is 0.353. The number of benzene rings is 3. The molecule has 0 radical (unpaired) electrons. The Bertz CT molecular complexity index is 1860. The van der Waals surface area contributed by atoms with Gasteiger partial charge in [-0.15, -0.1) is 0 Å². The molecule has 0 saturated heterocycles. The standard InChI is InChI=1S/C34H33N3O9/c1-14-17-11-12-19(36-20(38)13-16-9-6-8-15-7-4-5-10-18(15)16)27(39)22(17)28(40)23-21(14)29(41)25-26(37(2)3)30(42)24(33(35)45)32(44)34(25,46)31(23)43/h4-12,14,21,23-26,29,39,41,46H,13H2,1-3H3,(H2,35,45)(H,36,38)/t14-,21+,23?,24?,25+,26-,29-,34-/m1/s1. The first-order valence-corrected chi connectivity index (χ1v) is 14.9. The highest BCUT2D eigenvalue weighted by Gasteiger charge is 2.72. The molecule has 2 unspecified atom stereocenters. The average molecular weight is 628 g/mol. The molecular formula is C34H33N3O9. The number of nitrogens with one attached hydrogen (secondary N) is 1. The fourth-order valence-corrected chi connectivity index (χ4v) is 7.90. The number of hydrogen-bond acceptors (Lipinski definition) is 10. The molecular weight excluding hydrogens is 594 g/mol. The summed E-state index contributed by atoms with van der Waals surface area (Å²) in [7, 11) is 2.86. The van der Waals surface area contributed by atoms with Crippen LogP contribution in [0.3, 0.4) is 0 Å². The van der Waals surface area contributed by atoms with Gasteiger partial charge in [0.15, 0.2) is 34.7 Å². The number of nitrogens with two attached hydrogens (primary N) is 1. The van der Waals surface area contributed by atoms with E-state index in [2.05, 4.69) is 5.32 Å². The maximum absolute atomic E-state index is 14.1. The summed E-state index contributed by atoms with van der Waals surface area (Å²) < 4.78 is 0. The van der Waals surface area contributed by atoms with Crippen molar-refractivity contribution >= 4 is 51.4 Å². The summed E-state index contributed by atoms with van der Waals surface area (Å²) in [6.45, 7) is 1.62. The Balaban J connectivity index is 1.38. The molecule has 238 valence electrons. The molecule has 12 heteroatoms. The maximum atomic E-state index is 14.1. The first kappa shape index (κ1) is 31.2. The summed E-state index contributed by atoms with van der Waals surface area (Å²) in [6, 6.07) is 14.6. The van der Waals surface area contributed by atoms with E-state index in [9.17, 15) is 44.1 Å². The van der Waals surface area contributed by atoms with Crippen molar-refractivity contribution in [1.82, 2.24) is 4.90 Å². The van der Waals surface area contributed by atoms with Gasteiger partial charge in [0.1, 0.15) is 5.75 Å². The lowest BCUT2D eigenvalue weighted by atomic mass is 9.49. The second kappa shape index (κ2) is 10.9. The van der Waals surface area contributed by atoms with Crippen LogP contribution < -0.4 is 11.1 Å². The van der Waals surface area contributed by atoms with Gasteiger partial charge in [-0.25, -0.2) is 0 Å². The first-order chi connectivity index (χ1) is 21.7. The van der Waals surface area contributed by atoms with Gasteiger partial charge >= 0.3 is 0 Å². The Labute approximate surface area is 263 Å². The Morgan fingerprint density at radius 3 is 2.33 bits per heavy atom. The fourth-order valence-electron chi connectivity index (χ4n) is 7.90. The lowest BCUT2D eigenvalue weighted by Crippen LogP contribution is -2.77. The summed E-state index contributed by atoms with van der Waals surface area (Å²) in [4.78, 5) is 81.6. The van der Waals surface area contributed by atoms with Crippen LogP contribution in [0.15, 0.2) is 54.6 Å². The Kier molecular flexibility index (Phi) is 7.42. The lowest BCUT2D eigenvalue weighted by Gasteiger charge is -2.56. The number of hydrogen-bond donors (Lipinski definition) is 5. The van der Waals surface area contributed by atoms with E-state index in [1.807, 2.05) is 42.5 Å². The zero-order valence-corrected chi connectivity index (χ0v) is 25.3. The van der Waals surface area contributed by atoms with Crippen molar-refractivity contribution in [2.75, 3.05) is 19.4 Å². The highest BCUT2D eigenvalue weighted by atomic mass is 16.3. The molecule has 6 rings (SSSR count). The summed E-state index contributed by atoms with van der Waals surface area (Å²) in [5.41, 5.74) is 2.89. The van der Waals surface area contributed by atoms with Crippen molar-refractivity contribution < 1.29 is 44.1 Å². The highest BCUT2D eigenvalue weighted by Crippen LogP contribution is 2.55. The molecule has 0 heterocycles. The number of amides is 2. The molecule has 2 saturated carbocycles. The molecule has 3 aliphatic rings. The minimum absolute atomic E-state index is 0.0407. The number of carbonyl (C=O) groups excluding carboxylic acids is 6. The molecule has 0 aromatic heterocycles. The second-order valence-electron chi connectivity index (χ2n) is 12.7. The minimum atomic E-state index is -3.09. The largest absolute Gasteiger partial charge is 0.505 e. The van der Waals surface area contributed by atoms with Gasteiger partial charge in [0.2, 0.25) is 11.8 Å². The van der Waals surface area contributed by atoms with Gasteiger partial charge in [-0.05, 0) is 48.0 Å². The molecule has 46 heavy (non-hydrogen) atoms. The van der Waals surface area contributed by atoms with Crippen LogP contribution in [0.25, 0.3) is 10.8 Å². The second-order valence-corrected chi connectivity index (χ2v) is 12.7. The Morgan fingerprint density at radius 2 is 1.65 bits per heavy atom. The van der Waals surface area contributed by atoms with E-state index in [0.29, 0.717) is 0 Å². The van der Waals surface area contributed by atoms with Crippen molar-refractivity contribution in [2.24, 2.45) is 29.4 Å². The Morgan fingerprint density at radius 1 is 0.978 bits per heavy atom. The topological polar surface area (TPSA) is 204 Å².